The number of urea groups is 1. The van der Waals surface area contributed by atoms with E-state index < -0.39 is 0 Å². The minimum Gasteiger partial charge on any atom is -0.379 e. The van der Waals surface area contributed by atoms with Crippen LogP contribution in [0, 0.1) is 0 Å². The van der Waals surface area contributed by atoms with E-state index in [0.29, 0.717) is 6.54 Å². The van der Waals surface area contributed by atoms with E-state index in [0.717, 1.165) is 36.9 Å². The van der Waals surface area contributed by atoms with Gasteiger partial charge < -0.3 is 15.4 Å². The molecule has 6 heteroatoms. The molecule has 0 bridgehead atoms. The summed E-state index contributed by atoms with van der Waals surface area (Å²) in [4.78, 5) is 12.3. The first-order valence-electron chi connectivity index (χ1n) is 8.41. The molecule has 0 spiro atoms. The number of hydrogen-bond donors (Lipinski definition) is 2. The second-order valence-electron chi connectivity index (χ2n) is 6.17. The lowest BCUT2D eigenvalue weighted by Crippen LogP contribution is -2.47. The summed E-state index contributed by atoms with van der Waals surface area (Å²) in [5.41, 5.74) is 1.87. The Morgan fingerprint density at radius 2 is 2.21 bits per heavy atom. The van der Waals surface area contributed by atoms with Crippen LogP contribution in [0.1, 0.15) is 31.2 Å². The molecule has 1 aliphatic rings. The van der Waals surface area contributed by atoms with Gasteiger partial charge in [0.2, 0.25) is 0 Å². The Bertz CT molecular complexity index is 657. The van der Waals surface area contributed by atoms with Gasteiger partial charge >= 0.3 is 6.03 Å². The minimum absolute atomic E-state index is 0.0796. The SMILES string of the molecule is CO[C@H]1CCCC[C@@H]1NC(=O)Nc1cccc(Cn2cccn2)c1. The average molecular weight is 328 g/mol. The fraction of sp³-hybridized carbons (Fsp3) is 0.444. The standard InChI is InChI=1S/C18H24N4O2/c1-24-17-9-3-2-8-16(17)21-18(23)20-15-7-4-6-14(12-15)13-22-11-5-10-19-22/h4-7,10-12,16-17H,2-3,8-9,13H2,1H3,(H2,20,21,23)/t16-,17-/m0/s1. The number of ether oxygens (including phenoxy) is 1. The van der Waals surface area contributed by atoms with E-state index in [2.05, 4.69) is 15.7 Å². The summed E-state index contributed by atoms with van der Waals surface area (Å²) in [7, 11) is 1.71. The van der Waals surface area contributed by atoms with Gasteiger partial charge in [0.25, 0.3) is 0 Å². The molecule has 2 amide bonds. The summed E-state index contributed by atoms with van der Waals surface area (Å²) in [5, 5.41) is 10.2. The predicted octanol–water partition coefficient (Wildman–Crippen LogP) is 3.01. The van der Waals surface area contributed by atoms with E-state index in [9.17, 15) is 4.79 Å². The van der Waals surface area contributed by atoms with Crippen LogP contribution in [0.15, 0.2) is 42.7 Å². The Morgan fingerprint density at radius 1 is 1.33 bits per heavy atom. The van der Waals surface area contributed by atoms with Crippen molar-refractivity contribution in [3.63, 3.8) is 0 Å². The van der Waals surface area contributed by atoms with E-state index in [-0.39, 0.29) is 18.2 Å². The Balaban J connectivity index is 1.57. The zero-order chi connectivity index (χ0) is 16.8. The van der Waals surface area contributed by atoms with Crippen molar-refractivity contribution in [1.29, 1.82) is 0 Å². The first-order valence-corrected chi connectivity index (χ1v) is 8.41. The van der Waals surface area contributed by atoms with Crippen LogP contribution in [0.2, 0.25) is 0 Å². The summed E-state index contributed by atoms with van der Waals surface area (Å²) in [6, 6.07) is 9.61. The number of benzene rings is 1. The average Bonchev–Trinajstić information content (AvgIpc) is 3.08. The summed E-state index contributed by atoms with van der Waals surface area (Å²) in [6.07, 6.45) is 8.03. The van der Waals surface area contributed by atoms with Crippen LogP contribution in [0.4, 0.5) is 10.5 Å². The van der Waals surface area contributed by atoms with Crippen molar-refractivity contribution in [2.24, 2.45) is 0 Å². The molecule has 6 nitrogen and oxygen atoms in total. The third-order valence-corrected chi connectivity index (χ3v) is 4.41. The summed E-state index contributed by atoms with van der Waals surface area (Å²) < 4.78 is 7.33. The molecule has 0 radical (unpaired) electrons. The molecule has 2 atom stereocenters. The number of anilines is 1. The number of nitrogens with one attached hydrogen (secondary N) is 2. The molecule has 2 aromatic rings. The van der Waals surface area contributed by atoms with Crippen molar-refractivity contribution in [3.05, 3.63) is 48.3 Å². The summed E-state index contributed by atoms with van der Waals surface area (Å²) >= 11 is 0. The maximum absolute atomic E-state index is 12.3. The smallest absolute Gasteiger partial charge is 0.319 e. The molecule has 1 saturated carbocycles. The van der Waals surface area contributed by atoms with Crippen molar-refractivity contribution in [3.8, 4) is 0 Å². The number of carbonyl (C=O) groups is 1. The second-order valence-corrected chi connectivity index (χ2v) is 6.17. The monoisotopic (exact) mass is 328 g/mol. The first-order chi connectivity index (χ1) is 11.7. The number of rotatable bonds is 5. The highest BCUT2D eigenvalue weighted by Gasteiger charge is 2.26. The fourth-order valence-electron chi connectivity index (χ4n) is 3.21. The maximum atomic E-state index is 12.3. The topological polar surface area (TPSA) is 68.2 Å². The maximum Gasteiger partial charge on any atom is 0.319 e. The zero-order valence-electron chi connectivity index (χ0n) is 13.9. The van der Waals surface area contributed by atoms with Gasteiger partial charge in [-0.25, -0.2) is 4.79 Å². The lowest BCUT2D eigenvalue weighted by atomic mass is 9.92. The van der Waals surface area contributed by atoms with E-state index >= 15 is 0 Å². The van der Waals surface area contributed by atoms with Crippen LogP contribution in [-0.4, -0.2) is 35.1 Å². The molecule has 1 heterocycles. The highest BCUT2D eigenvalue weighted by molar-refractivity contribution is 5.89. The quantitative estimate of drug-likeness (QED) is 0.886. The van der Waals surface area contributed by atoms with E-state index in [1.54, 1.807) is 13.3 Å². The predicted molar refractivity (Wildman–Crippen MR) is 93.0 cm³/mol. The van der Waals surface area contributed by atoms with Crippen molar-refractivity contribution in [2.75, 3.05) is 12.4 Å². The van der Waals surface area contributed by atoms with Crippen LogP contribution in [0.3, 0.4) is 0 Å². The third-order valence-electron chi connectivity index (χ3n) is 4.41. The zero-order valence-corrected chi connectivity index (χ0v) is 13.9. The Kier molecular flexibility index (Phi) is 5.48. The summed E-state index contributed by atoms with van der Waals surface area (Å²) in [5.74, 6) is 0. The Labute approximate surface area is 142 Å². The molecule has 1 fully saturated rings. The molecule has 1 aliphatic carbocycles. The second kappa shape index (κ2) is 7.97. The largest absolute Gasteiger partial charge is 0.379 e. The number of amides is 2. The number of aromatic nitrogens is 2. The molecule has 2 N–H and O–H groups in total. The fourth-order valence-corrected chi connectivity index (χ4v) is 3.21. The van der Waals surface area contributed by atoms with Crippen LogP contribution in [0.5, 0.6) is 0 Å². The first kappa shape index (κ1) is 16.5. The van der Waals surface area contributed by atoms with Gasteiger partial charge in [0, 0.05) is 25.2 Å². The van der Waals surface area contributed by atoms with Gasteiger partial charge in [-0.3, -0.25) is 4.68 Å². The Morgan fingerprint density at radius 3 is 3.00 bits per heavy atom. The van der Waals surface area contributed by atoms with Crippen molar-refractivity contribution in [2.45, 2.75) is 44.4 Å². The number of carbonyl (C=O) groups excluding carboxylic acids is 1. The molecular weight excluding hydrogens is 304 g/mol. The van der Waals surface area contributed by atoms with E-state index in [4.69, 9.17) is 4.74 Å². The third kappa shape index (κ3) is 4.35. The van der Waals surface area contributed by atoms with E-state index in [1.807, 2.05) is 41.2 Å². The molecular formula is C18H24N4O2. The van der Waals surface area contributed by atoms with Gasteiger partial charge in [-0.1, -0.05) is 25.0 Å². The summed E-state index contributed by atoms with van der Waals surface area (Å²) in [6.45, 7) is 0.679. The highest BCUT2D eigenvalue weighted by atomic mass is 16.5. The minimum atomic E-state index is -0.180. The van der Waals surface area contributed by atoms with Crippen molar-refractivity contribution in [1.82, 2.24) is 15.1 Å². The molecule has 1 aromatic carbocycles. The molecule has 24 heavy (non-hydrogen) atoms. The van der Waals surface area contributed by atoms with Crippen LogP contribution >= 0.6 is 0 Å². The van der Waals surface area contributed by atoms with Gasteiger partial charge in [0.15, 0.2) is 0 Å². The van der Waals surface area contributed by atoms with E-state index in [1.165, 1.54) is 0 Å². The van der Waals surface area contributed by atoms with Crippen LogP contribution < -0.4 is 10.6 Å². The number of methoxy groups -OCH3 is 1. The van der Waals surface area contributed by atoms with Crippen molar-refractivity contribution >= 4 is 11.7 Å². The molecule has 1 aromatic heterocycles. The lowest BCUT2D eigenvalue weighted by Gasteiger charge is -2.31. The Hall–Kier alpha value is -2.34. The highest BCUT2D eigenvalue weighted by Crippen LogP contribution is 2.21. The van der Waals surface area contributed by atoms with Gasteiger partial charge in [-0.15, -0.1) is 0 Å². The molecule has 0 saturated heterocycles. The van der Waals surface area contributed by atoms with Crippen LogP contribution in [0.25, 0.3) is 0 Å². The van der Waals surface area contributed by atoms with Gasteiger partial charge in [-0.2, -0.15) is 5.10 Å². The molecule has 3 rings (SSSR count). The van der Waals surface area contributed by atoms with Gasteiger partial charge in [0.05, 0.1) is 18.7 Å². The van der Waals surface area contributed by atoms with Gasteiger partial charge in [0.1, 0.15) is 0 Å². The lowest BCUT2D eigenvalue weighted by molar-refractivity contribution is 0.0459. The molecule has 0 aliphatic heterocycles. The number of hydrogen-bond acceptors (Lipinski definition) is 3. The van der Waals surface area contributed by atoms with Gasteiger partial charge in [-0.05, 0) is 36.6 Å². The normalized spacial score (nSPS) is 20.5. The molecule has 128 valence electrons. The number of nitrogens with zero attached hydrogens (tertiary/aromatic N) is 2. The van der Waals surface area contributed by atoms with Crippen molar-refractivity contribution < 1.29 is 9.53 Å². The molecule has 0 unspecified atom stereocenters. The van der Waals surface area contributed by atoms with Crippen LogP contribution in [-0.2, 0) is 11.3 Å².